The van der Waals surface area contributed by atoms with Gasteiger partial charge in [0.2, 0.25) is 5.29 Å². The van der Waals surface area contributed by atoms with Crippen molar-refractivity contribution in [2.75, 3.05) is 26.3 Å². The first-order chi connectivity index (χ1) is 30.0. The van der Waals surface area contributed by atoms with Crippen molar-refractivity contribution in [2.24, 2.45) is 10.5 Å². The van der Waals surface area contributed by atoms with Crippen molar-refractivity contribution in [1.29, 1.82) is 0 Å². The monoisotopic (exact) mass is 1010 g/mol. The summed E-state index contributed by atoms with van der Waals surface area (Å²) >= 11 is 0. The molecular formula is C50H51N6O6Zr2. The van der Waals surface area contributed by atoms with E-state index in [1.165, 1.54) is 33.4 Å². The largest absolute Gasteiger partial charge is 3.00 e. The SMILES string of the molecule is Cc1cc(C)c([N-]CC[OH+]CC[N-]c2c(C)cc(C)cc2C)c(C)c1.O=[C-]c1ccccc1.O=[C-]c1ccccc1.O=[C-]c1ccccc1.O=[C-]c1ccccc1.[N-]=[N+]=NN=O.[Zr+2].[Zr+3]. The van der Waals surface area contributed by atoms with E-state index in [2.05, 4.69) is 75.8 Å². The van der Waals surface area contributed by atoms with Gasteiger partial charge in [-0.15, -0.1) is 65.4 Å². The van der Waals surface area contributed by atoms with Gasteiger partial charge in [0.15, 0.2) is 0 Å². The quantitative estimate of drug-likeness (QED) is 0.0162. The van der Waals surface area contributed by atoms with Crippen molar-refractivity contribution in [3.8, 4) is 0 Å². The second-order valence-electron chi connectivity index (χ2n) is 13.1. The minimum absolute atomic E-state index is 0. The fraction of sp³-hybridized carbons (Fsp3) is 0.200. The number of aliphatic hydroxyl groups is 2. The van der Waals surface area contributed by atoms with Gasteiger partial charge in [0.1, 0.15) is 13.2 Å². The molecule has 0 saturated carbocycles. The minimum Gasteiger partial charge on any atom is -0.678 e. The van der Waals surface area contributed by atoms with Crippen LogP contribution in [-0.2, 0) is 71.6 Å². The summed E-state index contributed by atoms with van der Waals surface area (Å²) in [4.78, 5) is 50.3. The summed E-state index contributed by atoms with van der Waals surface area (Å²) in [7, 11) is 0. The Morgan fingerprint density at radius 3 is 0.922 bits per heavy atom. The number of benzene rings is 6. The molecule has 6 aromatic rings. The second-order valence-corrected chi connectivity index (χ2v) is 13.1. The van der Waals surface area contributed by atoms with E-state index in [4.69, 9.17) is 21.1 Å². The molecule has 0 unspecified atom stereocenters. The third-order valence-electron chi connectivity index (χ3n) is 7.97. The molecule has 0 spiro atoms. The van der Waals surface area contributed by atoms with Gasteiger partial charge in [-0.2, -0.15) is 75.7 Å². The van der Waals surface area contributed by atoms with Crippen LogP contribution in [0.3, 0.4) is 0 Å². The van der Waals surface area contributed by atoms with Gasteiger partial charge >= 0.3 is 52.4 Å². The van der Waals surface area contributed by atoms with E-state index < -0.39 is 0 Å². The number of nitrogens with zero attached hydrogens (tertiary/aromatic N) is 6. The zero-order chi connectivity index (χ0) is 45.8. The molecule has 12 nitrogen and oxygen atoms in total. The second kappa shape index (κ2) is 38.9. The Labute approximate surface area is 415 Å². The van der Waals surface area contributed by atoms with E-state index in [1.807, 2.05) is 34.5 Å². The molecule has 0 fully saturated rings. The fourth-order valence-corrected chi connectivity index (χ4v) is 5.46. The van der Waals surface area contributed by atoms with E-state index in [-0.39, 0.29) is 52.4 Å². The van der Waals surface area contributed by atoms with Crippen LogP contribution in [0.2, 0.25) is 0 Å². The van der Waals surface area contributed by atoms with Crippen molar-refractivity contribution < 1.29 is 76.3 Å². The van der Waals surface area contributed by atoms with E-state index in [9.17, 15) is 19.2 Å². The number of azide groups is 1. The number of carbonyl (C=O) groups excluding carboxylic acids is 4. The Kier molecular flexibility index (Phi) is 36.6. The van der Waals surface area contributed by atoms with Crippen LogP contribution in [0.4, 0.5) is 11.4 Å². The first kappa shape index (κ1) is 60.3. The molecule has 0 aliphatic carbocycles. The number of hydrogen-bond acceptors (Lipinski definition) is 5. The molecule has 6 rings (SSSR count). The Hall–Kier alpha value is -5.76. The number of aryl methyl sites for hydroxylation is 6. The molecule has 325 valence electrons. The normalized spacial score (nSPS) is 8.84. The van der Waals surface area contributed by atoms with Crippen molar-refractivity contribution in [3.05, 3.63) is 227 Å². The summed E-state index contributed by atoms with van der Waals surface area (Å²) in [6.45, 7) is 15.8. The number of nitroso groups, excluding NO2 is 1. The van der Waals surface area contributed by atoms with Gasteiger partial charge in [0.25, 0.3) is 0 Å². The molecule has 0 amide bonds. The van der Waals surface area contributed by atoms with Crippen molar-refractivity contribution in [3.63, 3.8) is 0 Å². The molecule has 6 aromatic carbocycles. The first-order valence-corrected chi connectivity index (χ1v) is 19.3. The molecular weight excluding hydrogens is 963 g/mol. The summed E-state index contributed by atoms with van der Waals surface area (Å²) in [5.41, 5.74) is 19.5. The van der Waals surface area contributed by atoms with E-state index >= 15 is 0 Å². The molecule has 1 radical (unpaired) electrons. The van der Waals surface area contributed by atoms with Crippen LogP contribution in [0.15, 0.2) is 156 Å². The molecule has 0 bridgehead atoms. The Bertz CT molecular complexity index is 1960. The van der Waals surface area contributed by atoms with Gasteiger partial charge in [-0.05, 0) is 46.4 Å². The molecule has 0 atom stereocenters. The predicted octanol–water partition coefficient (Wildman–Crippen LogP) is 11.3. The molecule has 0 heterocycles. The number of hydrogen-bond donors (Lipinski definition) is 0. The molecule has 0 aliphatic rings. The summed E-state index contributed by atoms with van der Waals surface area (Å²) in [5.74, 6) is 0. The van der Waals surface area contributed by atoms with Gasteiger partial charge < -0.3 is 34.5 Å². The smallest absolute Gasteiger partial charge is 0.678 e. The maximum absolute atomic E-state index is 9.88. The van der Waals surface area contributed by atoms with Crippen LogP contribution < -0.4 is 0 Å². The summed E-state index contributed by atoms with van der Waals surface area (Å²) in [6, 6.07) is 44.4. The maximum Gasteiger partial charge on any atom is 3.00 e. The standard InChI is InChI=1S/C22H30N2O.4C7H5O.N4O.2Zr/c1-15-11-17(3)21(18(4)12-15)23-7-9-25-10-8-24-22-19(5)13-16(2)14-20(22)6;4*8-6-7-4-2-1-3-5-7;1-2-3-4-5;;/h11-14H,7-10H2,1-6H3;4*1-5H;;;/q-2;4*-1;;+2;+3/p+1. The van der Waals surface area contributed by atoms with Gasteiger partial charge in [-0.25, -0.2) is 0 Å². The van der Waals surface area contributed by atoms with E-state index in [1.54, 1.807) is 122 Å². The van der Waals surface area contributed by atoms with Crippen LogP contribution in [-0.4, -0.2) is 56.2 Å². The molecule has 0 aromatic heterocycles. The van der Waals surface area contributed by atoms with Crippen LogP contribution in [0, 0.1) is 46.4 Å². The van der Waals surface area contributed by atoms with Crippen LogP contribution >= 0.6 is 0 Å². The maximum atomic E-state index is 9.88. The van der Waals surface area contributed by atoms with E-state index in [0.717, 1.165) is 37.7 Å². The Morgan fingerprint density at radius 1 is 0.500 bits per heavy atom. The minimum atomic E-state index is 0. The van der Waals surface area contributed by atoms with Gasteiger partial charge in [0, 0.05) is 0 Å². The van der Waals surface area contributed by atoms with Crippen LogP contribution in [0.1, 0.15) is 55.6 Å². The topological polar surface area (TPSA) is 187 Å². The predicted molar refractivity (Wildman–Crippen MR) is 249 cm³/mol. The Morgan fingerprint density at radius 2 is 0.750 bits per heavy atom. The average molecular weight is 1010 g/mol. The molecule has 1 N–H and O–H groups in total. The van der Waals surface area contributed by atoms with Crippen LogP contribution in [0.5, 0.6) is 0 Å². The third-order valence-corrected chi connectivity index (χ3v) is 7.97. The van der Waals surface area contributed by atoms with Crippen molar-refractivity contribution in [1.82, 2.24) is 0 Å². The molecule has 0 aliphatic heterocycles. The van der Waals surface area contributed by atoms with Gasteiger partial charge in [-0.1, -0.05) is 95.0 Å². The van der Waals surface area contributed by atoms with E-state index in [0.29, 0.717) is 22.3 Å². The number of rotatable bonds is 13. The third kappa shape index (κ3) is 28.0. The van der Waals surface area contributed by atoms with Gasteiger partial charge in [0.05, 0.1) is 30.4 Å². The van der Waals surface area contributed by atoms with Gasteiger partial charge in [-0.3, -0.25) is 0 Å². The summed E-state index contributed by atoms with van der Waals surface area (Å²) in [6.07, 6.45) is 7.11. The molecule has 0 saturated heterocycles. The average Bonchev–Trinajstić information content (AvgIpc) is 3.30. The summed E-state index contributed by atoms with van der Waals surface area (Å²) in [5, 5.41) is 13.5. The first-order valence-electron chi connectivity index (χ1n) is 19.3. The molecule has 14 heteroatoms. The van der Waals surface area contributed by atoms with Crippen LogP contribution in [0.25, 0.3) is 21.1 Å². The van der Waals surface area contributed by atoms with Crippen molar-refractivity contribution >= 4 is 36.5 Å². The summed E-state index contributed by atoms with van der Waals surface area (Å²) < 4.78 is 4.57. The molecule has 64 heavy (non-hydrogen) atoms. The van der Waals surface area contributed by atoms with Crippen molar-refractivity contribution in [2.45, 2.75) is 41.5 Å². The Balaban J connectivity index is 0. The fourth-order valence-electron chi connectivity index (χ4n) is 5.46. The zero-order valence-electron chi connectivity index (χ0n) is 36.9. The zero-order valence-corrected chi connectivity index (χ0v) is 41.8. The number of ether oxygens (including phenoxy) is 1.